The number of rotatable bonds is 10. The van der Waals surface area contributed by atoms with E-state index in [0.717, 1.165) is 18.1 Å². The van der Waals surface area contributed by atoms with Crippen LogP contribution in [0.1, 0.15) is 23.6 Å². The van der Waals surface area contributed by atoms with Crippen molar-refractivity contribution in [2.24, 2.45) is 10.9 Å². The minimum Gasteiger partial charge on any atom is -0.376 e. The van der Waals surface area contributed by atoms with E-state index >= 15 is 0 Å². The first-order valence-electron chi connectivity index (χ1n) is 9.96. The summed E-state index contributed by atoms with van der Waals surface area (Å²) in [5.41, 5.74) is 2.89. The van der Waals surface area contributed by atoms with E-state index in [0.29, 0.717) is 37.8 Å². The zero-order valence-electron chi connectivity index (χ0n) is 18.3. The average Bonchev–Trinajstić information content (AvgIpc) is 2.71. The van der Waals surface area contributed by atoms with E-state index in [1.807, 2.05) is 43.3 Å². The third-order valence-electron chi connectivity index (χ3n) is 4.41. The number of nitrogens with one attached hydrogen (secondary N) is 2. The second kappa shape index (κ2) is 14.3. The molecular weight excluding hydrogens is 494 g/mol. The highest BCUT2D eigenvalue weighted by molar-refractivity contribution is 14.0. The van der Waals surface area contributed by atoms with Gasteiger partial charge in [0.15, 0.2) is 5.96 Å². The van der Waals surface area contributed by atoms with Gasteiger partial charge in [-0.25, -0.2) is 4.39 Å². The number of ether oxygens (including phenoxy) is 1. The molecule has 7 heteroatoms. The van der Waals surface area contributed by atoms with Crippen molar-refractivity contribution < 1.29 is 9.13 Å². The number of halogens is 2. The molecule has 0 fully saturated rings. The van der Waals surface area contributed by atoms with E-state index in [2.05, 4.69) is 34.7 Å². The van der Waals surface area contributed by atoms with E-state index in [4.69, 9.17) is 4.74 Å². The van der Waals surface area contributed by atoms with E-state index in [-0.39, 0.29) is 29.8 Å². The minimum absolute atomic E-state index is 0. The second-order valence-corrected chi connectivity index (χ2v) is 7.58. The molecule has 0 aliphatic carbocycles. The number of hydrogen-bond donors (Lipinski definition) is 2. The SMILES string of the molecule is CN=C(NCc1ccc(F)c(CN(C)C)c1)NCC(C)COCc1ccccc1.I. The molecule has 166 valence electrons. The highest BCUT2D eigenvalue weighted by atomic mass is 127. The third-order valence-corrected chi connectivity index (χ3v) is 4.41. The van der Waals surface area contributed by atoms with Crippen molar-refractivity contribution in [3.05, 3.63) is 71.0 Å². The molecule has 2 aromatic rings. The summed E-state index contributed by atoms with van der Waals surface area (Å²) >= 11 is 0. The molecule has 0 saturated heterocycles. The van der Waals surface area contributed by atoms with Crippen molar-refractivity contribution in [3.8, 4) is 0 Å². The number of benzene rings is 2. The maximum absolute atomic E-state index is 13.9. The maximum Gasteiger partial charge on any atom is 0.191 e. The summed E-state index contributed by atoms with van der Waals surface area (Å²) in [6.07, 6.45) is 0. The zero-order chi connectivity index (χ0) is 21.1. The van der Waals surface area contributed by atoms with Gasteiger partial charge in [0.2, 0.25) is 0 Å². The smallest absolute Gasteiger partial charge is 0.191 e. The molecule has 0 saturated carbocycles. The molecule has 30 heavy (non-hydrogen) atoms. The highest BCUT2D eigenvalue weighted by Gasteiger charge is 2.07. The Morgan fingerprint density at radius 3 is 2.50 bits per heavy atom. The van der Waals surface area contributed by atoms with Crippen molar-refractivity contribution >= 4 is 29.9 Å². The second-order valence-electron chi connectivity index (χ2n) is 7.58. The molecule has 0 spiro atoms. The van der Waals surface area contributed by atoms with Gasteiger partial charge in [-0.05, 0) is 43.3 Å². The molecule has 0 amide bonds. The van der Waals surface area contributed by atoms with E-state index in [1.54, 1.807) is 13.1 Å². The van der Waals surface area contributed by atoms with Crippen LogP contribution in [0.15, 0.2) is 53.5 Å². The first-order chi connectivity index (χ1) is 14.0. The fourth-order valence-corrected chi connectivity index (χ4v) is 2.89. The van der Waals surface area contributed by atoms with Gasteiger partial charge in [-0.1, -0.05) is 43.3 Å². The quantitative estimate of drug-likeness (QED) is 0.278. The summed E-state index contributed by atoms with van der Waals surface area (Å²) in [7, 11) is 5.61. The Hall–Kier alpha value is -1.71. The lowest BCUT2D eigenvalue weighted by atomic mass is 10.1. The summed E-state index contributed by atoms with van der Waals surface area (Å²) in [5.74, 6) is 0.891. The lowest BCUT2D eigenvalue weighted by Crippen LogP contribution is -2.39. The van der Waals surface area contributed by atoms with Crippen LogP contribution in [0.2, 0.25) is 0 Å². The molecule has 2 N–H and O–H groups in total. The van der Waals surface area contributed by atoms with Crippen molar-refractivity contribution in [2.75, 3.05) is 34.3 Å². The van der Waals surface area contributed by atoms with E-state index < -0.39 is 0 Å². The molecule has 2 rings (SSSR count). The summed E-state index contributed by atoms with van der Waals surface area (Å²) in [6, 6.07) is 15.4. The number of guanidine groups is 1. The van der Waals surface area contributed by atoms with Gasteiger partial charge in [0.05, 0.1) is 13.2 Å². The molecule has 0 aliphatic heterocycles. The van der Waals surface area contributed by atoms with Crippen LogP contribution < -0.4 is 10.6 Å². The normalized spacial score (nSPS) is 12.4. The topological polar surface area (TPSA) is 48.9 Å². The average molecular weight is 528 g/mol. The van der Waals surface area contributed by atoms with Gasteiger partial charge in [0.25, 0.3) is 0 Å². The Kier molecular flexibility index (Phi) is 12.6. The van der Waals surface area contributed by atoms with Crippen LogP contribution in [0, 0.1) is 11.7 Å². The molecule has 0 radical (unpaired) electrons. The number of aliphatic imine (C=N–C) groups is 1. The maximum atomic E-state index is 13.9. The molecule has 0 aliphatic rings. The highest BCUT2D eigenvalue weighted by Crippen LogP contribution is 2.12. The molecular formula is C23H34FIN4O. The van der Waals surface area contributed by atoms with Gasteiger partial charge in [0, 0.05) is 32.2 Å². The van der Waals surface area contributed by atoms with Crippen molar-refractivity contribution in [1.82, 2.24) is 15.5 Å². The van der Waals surface area contributed by atoms with Gasteiger partial charge in [0.1, 0.15) is 5.82 Å². The van der Waals surface area contributed by atoms with Crippen LogP contribution in [0.25, 0.3) is 0 Å². The fourth-order valence-electron chi connectivity index (χ4n) is 2.89. The van der Waals surface area contributed by atoms with Gasteiger partial charge in [-0.2, -0.15) is 0 Å². The molecule has 2 aromatic carbocycles. The first-order valence-corrected chi connectivity index (χ1v) is 9.96. The monoisotopic (exact) mass is 528 g/mol. The van der Waals surface area contributed by atoms with Crippen LogP contribution in [0.4, 0.5) is 4.39 Å². The standard InChI is InChI=1S/C23H33FN4O.HI/c1-18(16-29-17-19-8-6-5-7-9-19)13-26-23(25-2)27-14-20-10-11-22(24)21(12-20)15-28(3)4;/h5-12,18H,13-17H2,1-4H3,(H2,25,26,27);1H. The molecule has 1 unspecified atom stereocenters. The molecule has 1 atom stereocenters. The Morgan fingerprint density at radius 1 is 1.10 bits per heavy atom. The summed E-state index contributed by atoms with van der Waals surface area (Å²) < 4.78 is 19.7. The fraction of sp³-hybridized carbons (Fsp3) is 0.435. The van der Waals surface area contributed by atoms with Crippen LogP contribution in [-0.4, -0.2) is 45.2 Å². The largest absolute Gasteiger partial charge is 0.376 e. The molecule has 0 heterocycles. The summed E-state index contributed by atoms with van der Waals surface area (Å²) in [6.45, 7) is 5.34. The lowest BCUT2D eigenvalue weighted by Gasteiger charge is -2.17. The molecule has 0 bridgehead atoms. The Labute approximate surface area is 197 Å². The van der Waals surface area contributed by atoms with Gasteiger partial charge >= 0.3 is 0 Å². The van der Waals surface area contributed by atoms with Crippen molar-refractivity contribution in [1.29, 1.82) is 0 Å². The van der Waals surface area contributed by atoms with Gasteiger partial charge in [-0.15, -0.1) is 24.0 Å². The third kappa shape index (κ3) is 9.86. The van der Waals surface area contributed by atoms with Crippen molar-refractivity contribution in [2.45, 2.75) is 26.6 Å². The predicted octanol–water partition coefficient (Wildman–Crippen LogP) is 4.02. The van der Waals surface area contributed by atoms with E-state index in [1.165, 1.54) is 11.6 Å². The Balaban J connectivity index is 0.00000450. The number of nitrogens with zero attached hydrogens (tertiary/aromatic N) is 2. The summed E-state index contributed by atoms with van der Waals surface area (Å²) in [5, 5.41) is 6.61. The Bertz CT molecular complexity index is 771. The van der Waals surface area contributed by atoms with Gasteiger partial charge in [-0.3, -0.25) is 4.99 Å². The summed E-state index contributed by atoms with van der Waals surface area (Å²) in [4.78, 5) is 6.22. The van der Waals surface area contributed by atoms with Crippen LogP contribution in [-0.2, 0) is 24.4 Å². The van der Waals surface area contributed by atoms with Crippen LogP contribution >= 0.6 is 24.0 Å². The van der Waals surface area contributed by atoms with Gasteiger partial charge < -0.3 is 20.3 Å². The lowest BCUT2D eigenvalue weighted by molar-refractivity contribution is 0.0931. The predicted molar refractivity (Wildman–Crippen MR) is 133 cm³/mol. The minimum atomic E-state index is -0.172. The first kappa shape index (κ1) is 26.3. The van der Waals surface area contributed by atoms with Crippen LogP contribution in [0.3, 0.4) is 0 Å². The molecule has 0 aromatic heterocycles. The molecule has 5 nitrogen and oxygen atoms in total. The number of hydrogen-bond acceptors (Lipinski definition) is 3. The van der Waals surface area contributed by atoms with Crippen molar-refractivity contribution in [3.63, 3.8) is 0 Å². The Morgan fingerprint density at radius 2 is 1.83 bits per heavy atom. The van der Waals surface area contributed by atoms with E-state index in [9.17, 15) is 4.39 Å². The van der Waals surface area contributed by atoms with Crippen LogP contribution in [0.5, 0.6) is 0 Å². The zero-order valence-corrected chi connectivity index (χ0v) is 20.7.